The molecule has 6 heteroatoms. The van der Waals surface area contributed by atoms with E-state index in [2.05, 4.69) is 10.3 Å². The summed E-state index contributed by atoms with van der Waals surface area (Å²) in [6.07, 6.45) is 1.69. The van der Waals surface area contributed by atoms with Crippen LogP contribution in [0.3, 0.4) is 0 Å². The van der Waals surface area contributed by atoms with E-state index in [9.17, 15) is 4.79 Å². The first-order valence-electron chi connectivity index (χ1n) is 6.72. The molecule has 0 unspecified atom stereocenters. The first-order valence-corrected chi connectivity index (χ1v) is 6.72. The van der Waals surface area contributed by atoms with E-state index >= 15 is 0 Å². The lowest BCUT2D eigenvalue weighted by Crippen LogP contribution is -2.13. The van der Waals surface area contributed by atoms with Crippen molar-refractivity contribution in [3.8, 4) is 0 Å². The molecule has 3 N–H and O–H groups in total. The molecule has 0 aliphatic heterocycles. The molecular formula is C17H17Cl2N3O. The molecule has 0 saturated carbocycles. The Morgan fingerprint density at radius 2 is 1.78 bits per heavy atom. The van der Waals surface area contributed by atoms with Crippen molar-refractivity contribution in [2.75, 3.05) is 5.32 Å². The van der Waals surface area contributed by atoms with E-state index < -0.39 is 0 Å². The Morgan fingerprint density at radius 3 is 2.57 bits per heavy atom. The van der Waals surface area contributed by atoms with Gasteiger partial charge >= 0.3 is 0 Å². The molecule has 0 aliphatic rings. The van der Waals surface area contributed by atoms with Crippen LogP contribution in [0.4, 0.5) is 5.69 Å². The zero-order chi connectivity index (χ0) is 14.7. The number of carbonyl (C=O) groups excluding carboxylic acids is 1. The molecule has 0 spiro atoms. The van der Waals surface area contributed by atoms with Gasteiger partial charge in [-0.2, -0.15) is 0 Å². The number of para-hydroxylation sites is 1. The van der Waals surface area contributed by atoms with Crippen molar-refractivity contribution < 1.29 is 4.79 Å². The number of aromatic nitrogens is 1. The summed E-state index contributed by atoms with van der Waals surface area (Å²) in [5, 5.41) is 3.84. The van der Waals surface area contributed by atoms with Crippen LogP contribution in [0.25, 0.3) is 10.9 Å². The first-order chi connectivity index (χ1) is 10.3. The zero-order valence-electron chi connectivity index (χ0n) is 12.2. The zero-order valence-corrected chi connectivity index (χ0v) is 13.9. The van der Waals surface area contributed by atoms with Gasteiger partial charge in [-0.3, -0.25) is 9.78 Å². The Labute approximate surface area is 146 Å². The summed E-state index contributed by atoms with van der Waals surface area (Å²) in [7, 11) is 0. The number of nitrogens with two attached hydrogens (primary N) is 1. The first kappa shape index (κ1) is 18.9. The SMILES string of the molecule is Cl.Cl.NCc1cccc(NC(=O)c2cccc3cccnc23)c1. The third-order valence-corrected chi connectivity index (χ3v) is 3.30. The number of hydrogen-bond acceptors (Lipinski definition) is 3. The number of rotatable bonds is 3. The standard InChI is InChI=1S/C17H15N3O.2ClH/c18-11-12-4-1-7-14(10-12)20-17(21)15-8-2-5-13-6-3-9-19-16(13)15;;/h1-10H,11,18H2,(H,20,21);2*1H. The topological polar surface area (TPSA) is 68.0 Å². The Morgan fingerprint density at radius 1 is 1.04 bits per heavy atom. The average molecular weight is 350 g/mol. The Hall–Kier alpha value is -2.14. The fraction of sp³-hybridized carbons (Fsp3) is 0.0588. The highest BCUT2D eigenvalue weighted by molar-refractivity contribution is 6.11. The number of benzene rings is 2. The van der Waals surface area contributed by atoms with Gasteiger partial charge in [-0.25, -0.2) is 0 Å². The second kappa shape index (κ2) is 8.48. The molecule has 0 radical (unpaired) electrons. The largest absolute Gasteiger partial charge is 0.326 e. The minimum atomic E-state index is -0.173. The Balaban J connectivity index is 0.00000132. The number of nitrogens with one attached hydrogen (secondary N) is 1. The van der Waals surface area contributed by atoms with Crippen LogP contribution in [-0.4, -0.2) is 10.9 Å². The molecule has 0 atom stereocenters. The summed E-state index contributed by atoms with van der Waals surface area (Å²) >= 11 is 0. The van der Waals surface area contributed by atoms with Crippen molar-refractivity contribution >= 4 is 47.3 Å². The second-order valence-corrected chi connectivity index (χ2v) is 4.74. The molecule has 1 aromatic heterocycles. The molecule has 2 aromatic carbocycles. The summed E-state index contributed by atoms with van der Waals surface area (Å²) in [5.74, 6) is -0.173. The predicted molar refractivity (Wildman–Crippen MR) is 98.5 cm³/mol. The summed E-state index contributed by atoms with van der Waals surface area (Å²) in [6, 6.07) is 16.9. The normalized spacial score (nSPS) is 9.61. The van der Waals surface area contributed by atoms with Gasteiger partial charge in [-0.1, -0.05) is 30.3 Å². The minimum absolute atomic E-state index is 0. The lowest BCUT2D eigenvalue weighted by molar-refractivity contribution is 0.102. The van der Waals surface area contributed by atoms with E-state index in [4.69, 9.17) is 5.73 Å². The number of anilines is 1. The predicted octanol–water partition coefficient (Wildman–Crippen LogP) is 3.79. The van der Waals surface area contributed by atoms with E-state index in [-0.39, 0.29) is 30.7 Å². The van der Waals surface area contributed by atoms with Crippen LogP contribution in [0.1, 0.15) is 15.9 Å². The number of nitrogens with zero attached hydrogens (tertiary/aromatic N) is 1. The van der Waals surface area contributed by atoms with Crippen molar-refractivity contribution in [2.45, 2.75) is 6.54 Å². The van der Waals surface area contributed by atoms with Gasteiger partial charge in [0.05, 0.1) is 11.1 Å². The van der Waals surface area contributed by atoms with Crippen molar-refractivity contribution in [3.05, 3.63) is 71.9 Å². The van der Waals surface area contributed by atoms with Gasteiger partial charge in [0.15, 0.2) is 0 Å². The maximum absolute atomic E-state index is 12.4. The summed E-state index contributed by atoms with van der Waals surface area (Å²) in [5.41, 5.74) is 8.58. The molecule has 23 heavy (non-hydrogen) atoms. The molecule has 1 amide bonds. The highest BCUT2D eigenvalue weighted by Crippen LogP contribution is 2.18. The summed E-state index contributed by atoms with van der Waals surface area (Å²) in [4.78, 5) is 16.7. The van der Waals surface area contributed by atoms with Gasteiger partial charge in [-0.05, 0) is 29.8 Å². The Bertz CT molecular complexity index is 803. The maximum atomic E-state index is 12.4. The third kappa shape index (κ3) is 4.20. The van der Waals surface area contributed by atoms with Crippen LogP contribution in [0.5, 0.6) is 0 Å². The van der Waals surface area contributed by atoms with Crippen LogP contribution in [0.15, 0.2) is 60.8 Å². The molecule has 3 rings (SSSR count). The molecule has 0 bridgehead atoms. The van der Waals surface area contributed by atoms with Gasteiger partial charge < -0.3 is 11.1 Å². The second-order valence-electron chi connectivity index (χ2n) is 4.74. The number of halogens is 2. The summed E-state index contributed by atoms with van der Waals surface area (Å²) in [6.45, 7) is 0.444. The fourth-order valence-electron chi connectivity index (χ4n) is 2.26. The van der Waals surface area contributed by atoms with Gasteiger partial charge in [0.1, 0.15) is 0 Å². The molecule has 3 aromatic rings. The van der Waals surface area contributed by atoms with E-state index in [0.717, 1.165) is 16.6 Å². The molecule has 0 aliphatic carbocycles. The van der Waals surface area contributed by atoms with Gasteiger partial charge in [0.25, 0.3) is 5.91 Å². The van der Waals surface area contributed by atoms with E-state index in [1.54, 1.807) is 12.3 Å². The van der Waals surface area contributed by atoms with Gasteiger partial charge in [0.2, 0.25) is 0 Å². The van der Waals surface area contributed by atoms with Gasteiger partial charge in [0, 0.05) is 23.8 Å². The maximum Gasteiger partial charge on any atom is 0.257 e. The molecule has 0 fully saturated rings. The van der Waals surface area contributed by atoms with Crippen molar-refractivity contribution in [3.63, 3.8) is 0 Å². The number of pyridine rings is 1. The quantitative estimate of drug-likeness (QED) is 0.755. The number of hydrogen-bond donors (Lipinski definition) is 2. The van der Waals surface area contributed by atoms with E-state index in [1.165, 1.54) is 0 Å². The van der Waals surface area contributed by atoms with Crippen LogP contribution in [-0.2, 0) is 6.54 Å². The lowest BCUT2D eigenvalue weighted by atomic mass is 10.1. The van der Waals surface area contributed by atoms with Crippen LogP contribution in [0.2, 0.25) is 0 Å². The highest BCUT2D eigenvalue weighted by Gasteiger charge is 2.11. The smallest absolute Gasteiger partial charge is 0.257 e. The average Bonchev–Trinajstić information content (AvgIpc) is 2.54. The molecule has 0 saturated heterocycles. The number of fused-ring (bicyclic) bond motifs is 1. The Kier molecular flexibility index (Phi) is 6.97. The fourth-order valence-corrected chi connectivity index (χ4v) is 2.26. The number of carbonyl (C=O) groups is 1. The van der Waals surface area contributed by atoms with E-state index in [0.29, 0.717) is 17.6 Å². The van der Waals surface area contributed by atoms with Gasteiger partial charge in [-0.15, -0.1) is 24.8 Å². The minimum Gasteiger partial charge on any atom is -0.326 e. The van der Waals surface area contributed by atoms with Crippen LogP contribution >= 0.6 is 24.8 Å². The van der Waals surface area contributed by atoms with Crippen molar-refractivity contribution in [1.82, 2.24) is 4.98 Å². The molecular weight excluding hydrogens is 333 g/mol. The summed E-state index contributed by atoms with van der Waals surface area (Å²) < 4.78 is 0. The monoisotopic (exact) mass is 349 g/mol. The van der Waals surface area contributed by atoms with Crippen molar-refractivity contribution in [2.24, 2.45) is 5.73 Å². The van der Waals surface area contributed by atoms with Crippen LogP contribution < -0.4 is 11.1 Å². The molecule has 4 nitrogen and oxygen atoms in total. The molecule has 1 heterocycles. The van der Waals surface area contributed by atoms with E-state index in [1.807, 2.05) is 48.5 Å². The van der Waals surface area contributed by atoms with Crippen molar-refractivity contribution in [1.29, 1.82) is 0 Å². The van der Waals surface area contributed by atoms with Crippen LogP contribution in [0, 0.1) is 0 Å². The third-order valence-electron chi connectivity index (χ3n) is 3.30. The number of amides is 1. The highest BCUT2D eigenvalue weighted by atomic mass is 35.5. The lowest BCUT2D eigenvalue weighted by Gasteiger charge is -2.08. The molecule has 120 valence electrons.